The summed E-state index contributed by atoms with van der Waals surface area (Å²) in [6, 6.07) is 0. The maximum Gasteiger partial charge on any atom is 0.408 e. The van der Waals surface area contributed by atoms with E-state index in [1.165, 1.54) is 0 Å². The molecular weight excluding hydrogens is 200 g/mol. The van der Waals surface area contributed by atoms with Crippen LogP contribution in [0.4, 0.5) is 4.79 Å². The van der Waals surface area contributed by atoms with Gasteiger partial charge in [-0.05, 0) is 0 Å². The number of piperazine rings is 1. The molecule has 0 saturated carbocycles. The predicted molar refractivity (Wildman–Crippen MR) is 42.9 cm³/mol. The Balaban J connectivity index is 2.86. The predicted octanol–water partition coefficient (Wildman–Crippen LogP) is -1.22. The van der Waals surface area contributed by atoms with Gasteiger partial charge in [-0.1, -0.05) is 0 Å². The van der Waals surface area contributed by atoms with E-state index >= 15 is 0 Å². The van der Waals surface area contributed by atoms with Crippen LogP contribution in [0.15, 0.2) is 0 Å². The smallest absolute Gasteiger partial charge is 0.408 e. The van der Waals surface area contributed by atoms with Gasteiger partial charge in [0, 0.05) is 19.6 Å². The van der Waals surface area contributed by atoms with Crippen LogP contribution >= 0.6 is 0 Å². The molecule has 1 aliphatic rings. The van der Waals surface area contributed by atoms with E-state index in [0.717, 1.165) is 0 Å². The fraction of sp³-hybridized carbons (Fsp3) is 0.800. The topological polar surface area (TPSA) is 107 Å². The Bertz CT molecular complexity index is 300. The number of rotatable bonds is 1. The molecule has 8 heteroatoms. The Morgan fingerprint density at radius 1 is 1.54 bits per heavy atom. The highest BCUT2D eigenvalue weighted by molar-refractivity contribution is 7.86. The van der Waals surface area contributed by atoms with Gasteiger partial charge in [-0.2, -0.15) is 8.42 Å². The quantitative estimate of drug-likeness (QED) is 0.468. The van der Waals surface area contributed by atoms with Crippen LogP contribution in [0.5, 0.6) is 0 Å². The third-order valence-corrected chi connectivity index (χ3v) is 2.89. The van der Waals surface area contributed by atoms with Gasteiger partial charge in [0.05, 0.1) is 0 Å². The number of carbonyl (C=O) groups is 1. The highest BCUT2D eigenvalue weighted by Crippen LogP contribution is 2.08. The molecule has 0 radical (unpaired) electrons. The molecule has 1 atom stereocenters. The summed E-state index contributed by atoms with van der Waals surface area (Å²) in [7, 11) is -4.34. The molecule has 1 fully saturated rings. The lowest BCUT2D eigenvalue weighted by Crippen LogP contribution is -2.56. The van der Waals surface area contributed by atoms with Crippen molar-refractivity contribution >= 4 is 16.2 Å². The first-order chi connectivity index (χ1) is 5.93. The summed E-state index contributed by atoms with van der Waals surface area (Å²) in [4.78, 5) is 11.2. The highest BCUT2D eigenvalue weighted by atomic mass is 32.2. The lowest BCUT2D eigenvalue weighted by Gasteiger charge is -2.31. The molecule has 0 aromatic carbocycles. The summed E-state index contributed by atoms with van der Waals surface area (Å²) < 4.78 is 30.1. The van der Waals surface area contributed by atoms with Crippen LogP contribution in [0.3, 0.4) is 0 Å². The van der Waals surface area contributed by atoms with Gasteiger partial charge in [-0.15, -0.1) is 0 Å². The molecule has 1 heterocycles. The number of hydrogen-bond acceptors (Lipinski definition) is 4. The summed E-state index contributed by atoms with van der Waals surface area (Å²) in [5.41, 5.74) is 0. The monoisotopic (exact) mass is 210 g/mol. The Morgan fingerprint density at radius 2 is 2.15 bits per heavy atom. The number of carboxylic acid groups (broad SMARTS) is 1. The Labute approximate surface area is 75.1 Å². The Morgan fingerprint density at radius 3 is 2.54 bits per heavy atom. The van der Waals surface area contributed by atoms with E-state index in [1.807, 2.05) is 0 Å². The fourth-order valence-electron chi connectivity index (χ4n) is 1.16. The van der Waals surface area contributed by atoms with E-state index in [0.29, 0.717) is 11.4 Å². The molecular formula is C5H10N2O5S. The van der Waals surface area contributed by atoms with E-state index < -0.39 is 21.6 Å². The minimum absolute atomic E-state index is 0.0553. The lowest BCUT2D eigenvalue weighted by atomic mass is 10.4. The third kappa shape index (κ3) is 2.29. The van der Waals surface area contributed by atoms with E-state index in [1.54, 1.807) is 0 Å². The molecule has 1 rings (SSSR count). The molecule has 1 unspecified atom stereocenters. The average molecular weight is 210 g/mol. The van der Waals surface area contributed by atoms with Gasteiger partial charge >= 0.3 is 6.09 Å². The average Bonchev–Trinajstić information content (AvgIpc) is 2.03. The van der Waals surface area contributed by atoms with Crippen molar-refractivity contribution < 1.29 is 22.9 Å². The third-order valence-electron chi connectivity index (χ3n) is 1.79. The first kappa shape index (κ1) is 10.2. The summed E-state index contributed by atoms with van der Waals surface area (Å²) in [6.45, 7) is 0.364. The molecule has 1 aliphatic heterocycles. The SMILES string of the molecule is O=C(O)N1CCNCC1S(=O)(=O)O. The minimum Gasteiger partial charge on any atom is -0.465 e. The summed E-state index contributed by atoms with van der Waals surface area (Å²) >= 11 is 0. The second-order valence-corrected chi connectivity index (χ2v) is 4.22. The van der Waals surface area contributed by atoms with Crippen LogP contribution in [0, 0.1) is 0 Å². The summed E-state index contributed by atoms with van der Waals surface area (Å²) in [5, 5.41) is 9.89. The molecule has 1 saturated heterocycles. The molecule has 0 aromatic heterocycles. The van der Waals surface area contributed by atoms with E-state index in [4.69, 9.17) is 9.66 Å². The largest absolute Gasteiger partial charge is 0.465 e. The fourth-order valence-corrected chi connectivity index (χ4v) is 2.01. The zero-order chi connectivity index (χ0) is 10.1. The molecule has 0 bridgehead atoms. The molecule has 13 heavy (non-hydrogen) atoms. The van der Waals surface area contributed by atoms with Gasteiger partial charge in [0.25, 0.3) is 10.1 Å². The minimum atomic E-state index is -4.34. The van der Waals surface area contributed by atoms with Crippen molar-refractivity contribution in [3.05, 3.63) is 0 Å². The number of hydrogen-bond donors (Lipinski definition) is 3. The Kier molecular flexibility index (Phi) is 2.74. The molecule has 0 spiro atoms. The second-order valence-electron chi connectivity index (χ2n) is 2.65. The highest BCUT2D eigenvalue weighted by Gasteiger charge is 2.35. The number of nitrogens with zero attached hydrogens (tertiary/aromatic N) is 1. The number of amides is 1. The van der Waals surface area contributed by atoms with Crippen LogP contribution in [0.1, 0.15) is 0 Å². The number of nitrogens with one attached hydrogen (secondary N) is 1. The van der Waals surface area contributed by atoms with Crippen LogP contribution in [-0.4, -0.2) is 54.1 Å². The van der Waals surface area contributed by atoms with Gasteiger partial charge in [-0.25, -0.2) is 4.79 Å². The molecule has 7 nitrogen and oxygen atoms in total. The zero-order valence-electron chi connectivity index (χ0n) is 6.67. The van der Waals surface area contributed by atoms with Crippen LogP contribution in [0.2, 0.25) is 0 Å². The van der Waals surface area contributed by atoms with Crippen molar-refractivity contribution in [2.45, 2.75) is 5.37 Å². The first-order valence-corrected chi connectivity index (χ1v) is 5.10. The zero-order valence-corrected chi connectivity index (χ0v) is 7.49. The van der Waals surface area contributed by atoms with Crippen molar-refractivity contribution in [3.63, 3.8) is 0 Å². The molecule has 3 N–H and O–H groups in total. The van der Waals surface area contributed by atoms with Crippen LogP contribution in [-0.2, 0) is 10.1 Å². The maximum atomic E-state index is 10.7. The van der Waals surface area contributed by atoms with Gasteiger partial charge in [0.15, 0.2) is 5.37 Å². The van der Waals surface area contributed by atoms with E-state index in [-0.39, 0.29) is 13.1 Å². The standard InChI is InChI=1S/C5H10N2O5S/c8-5(9)7-2-1-6-3-4(7)13(10,11)12/h4,6H,1-3H2,(H,8,9)(H,10,11,12). The van der Waals surface area contributed by atoms with Gasteiger partial charge < -0.3 is 10.4 Å². The first-order valence-electron chi connectivity index (χ1n) is 3.59. The lowest BCUT2D eigenvalue weighted by molar-refractivity contribution is 0.128. The summed E-state index contributed by atoms with van der Waals surface area (Å²) in [6.07, 6.45) is -1.34. The summed E-state index contributed by atoms with van der Waals surface area (Å²) in [5.74, 6) is 0. The molecule has 76 valence electrons. The van der Waals surface area contributed by atoms with Gasteiger partial charge in [0.1, 0.15) is 0 Å². The van der Waals surface area contributed by atoms with E-state index in [9.17, 15) is 13.2 Å². The second kappa shape index (κ2) is 3.48. The normalized spacial score (nSPS) is 24.4. The van der Waals surface area contributed by atoms with Crippen LogP contribution < -0.4 is 5.32 Å². The van der Waals surface area contributed by atoms with Crippen molar-refractivity contribution in [2.24, 2.45) is 0 Å². The van der Waals surface area contributed by atoms with Crippen molar-refractivity contribution in [3.8, 4) is 0 Å². The molecule has 1 amide bonds. The van der Waals surface area contributed by atoms with Gasteiger partial charge in [-0.3, -0.25) is 9.45 Å². The van der Waals surface area contributed by atoms with E-state index in [2.05, 4.69) is 5.32 Å². The van der Waals surface area contributed by atoms with Crippen molar-refractivity contribution in [1.29, 1.82) is 0 Å². The van der Waals surface area contributed by atoms with Gasteiger partial charge in [0.2, 0.25) is 0 Å². The Hall–Kier alpha value is -0.860. The molecule has 0 aliphatic carbocycles. The maximum absolute atomic E-state index is 10.7. The molecule has 0 aromatic rings. The van der Waals surface area contributed by atoms with Crippen molar-refractivity contribution in [1.82, 2.24) is 10.2 Å². The van der Waals surface area contributed by atoms with Crippen molar-refractivity contribution in [2.75, 3.05) is 19.6 Å². The van der Waals surface area contributed by atoms with Crippen LogP contribution in [0.25, 0.3) is 0 Å².